The molecule has 3 aliphatic rings. The molecular weight excluding hydrogens is 374 g/mol. The molecule has 154 valence electrons. The number of Topliss-reactive ketones (excluding diaryl/α,β-unsaturated/α-hetero) is 1. The van der Waals surface area contributed by atoms with Crippen molar-refractivity contribution in [3.05, 3.63) is 56.9 Å². The van der Waals surface area contributed by atoms with E-state index in [0.29, 0.717) is 11.5 Å². The van der Waals surface area contributed by atoms with Gasteiger partial charge in [-0.3, -0.25) is 4.79 Å². The molecule has 0 radical (unpaired) electrons. The number of H-pyrrole nitrogens is 1. The molecule has 1 aliphatic heterocycles. The third kappa shape index (κ3) is 2.74. The maximum Gasteiger partial charge on any atom is 0.170 e. The lowest BCUT2D eigenvalue weighted by atomic mass is 9.70. The Morgan fingerprint density at radius 1 is 1.20 bits per heavy atom. The summed E-state index contributed by atoms with van der Waals surface area (Å²) in [6.45, 7) is 6.48. The lowest BCUT2D eigenvalue weighted by Crippen LogP contribution is -2.29. The van der Waals surface area contributed by atoms with Gasteiger partial charge in [0.1, 0.15) is 5.75 Å². The molecule has 2 aromatic rings. The zero-order valence-electron chi connectivity index (χ0n) is 17.8. The van der Waals surface area contributed by atoms with Crippen molar-refractivity contribution < 1.29 is 9.53 Å². The molecule has 2 N–H and O–H groups in total. The van der Waals surface area contributed by atoms with Gasteiger partial charge in [-0.15, -0.1) is 0 Å². The highest BCUT2D eigenvalue weighted by Crippen LogP contribution is 2.47. The number of aromatic nitrogens is 1. The number of aromatic amines is 1. The van der Waals surface area contributed by atoms with Gasteiger partial charge in [0.15, 0.2) is 5.78 Å². The van der Waals surface area contributed by atoms with E-state index in [0.717, 1.165) is 60.6 Å². The number of methoxy groups -OCH3 is 1. The van der Waals surface area contributed by atoms with Crippen LogP contribution in [0.15, 0.2) is 17.7 Å². The predicted molar refractivity (Wildman–Crippen MR) is 116 cm³/mol. The molecule has 0 unspecified atom stereocenters. The van der Waals surface area contributed by atoms with Gasteiger partial charge in [-0.05, 0) is 66.2 Å². The Kier molecular flexibility index (Phi) is 4.37. The number of hydrogen-bond donors (Lipinski definition) is 2. The highest BCUT2D eigenvalue weighted by Gasteiger charge is 2.39. The number of nitrogens with zero attached hydrogens (tertiary/aromatic N) is 1. The summed E-state index contributed by atoms with van der Waals surface area (Å²) in [6, 6.07) is 6.70. The minimum Gasteiger partial charge on any atom is -0.496 e. The lowest BCUT2D eigenvalue weighted by Gasteiger charge is -2.35. The fourth-order valence-corrected chi connectivity index (χ4v) is 5.58. The van der Waals surface area contributed by atoms with Crippen LogP contribution in [0.5, 0.6) is 5.75 Å². The summed E-state index contributed by atoms with van der Waals surface area (Å²) in [5, 5.41) is 12.7. The van der Waals surface area contributed by atoms with E-state index >= 15 is 0 Å². The van der Waals surface area contributed by atoms with Gasteiger partial charge < -0.3 is 15.0 Å². The van der Waals surface area contributed by atoms with Gasteiger partial charge in [0.25, 0.3) is 0 Å². The summed E-state index contributed by atoms with van der Waals surface area (Å²) in [7, 11) is 1.76. The van der Waals surface area contributed by atoms with E-state index in [2.05, 4.69) is 42.4 Å². The Morgan fingerprint density at radius 2 is 1.97 bits per heavy atom. The average Bonchev–Trinajstić information content (AvgIpc) is 3.13. The number of carbonyl (C=O) groups is 1. The number of allylic oxidation sites excluding steroid dienone is 1. The SMILES string of the molecule is COc1cc2c(cc1C1CCNCC1)Cc1c([nH]c3c1C(=O)CC(C#N)=C3)C2(C)C. The first-order valence-corrected chi connectivity index (χ1v) is 10.7. The number of fused-ring (bicyclic) bond motifs is 4. The third-order valence-corrected chi connectivity index (χ3v) is 7.12. The molecule has 0 bridgehead atoms. The zero-order chi connectivity index (χ0) is 21.0. The molecule has 1 aromatic carbocycles. The Hall–Kier alpha value is -2.84. The van der Waals surface area contributed by atoms with Crippen LogP contribution >= 0.6 is 0 Å². The summed E-state index contributed by atoms with van der Waals surface area (Å²) >= 11 is 0. The van der Waals surface area contributed by atoms with Crippen LogP contribution in [0.4, 0.5) is 0 Å². The monoisotopic (exact) mass is 401 g/mol. The predicted octanol–water partition coefficient (Wildman–Crippen LogP) is 4.21. The lowest BCUT2D eigenvalue weighted by molar-refractivity contribution is 0.0992. The van der Waals surface area contributed by atoms with Crippen LogP contribution < -0.4 is 10.1 Å². The molecular formula is C25H27N3O2. The van der Waals surface area contributed by atoms with Crippen LogP contribution in [-0.4, -0.2) is 31.0 Å². The minimum absolute atomic E-state index is 0.0490. The number of piperidine rings is 1. The van der Waals surface area contributed by atoms with Crippen molar-refractivity contribution in [1.29, 1.82) is 5.26 Å². The van der Waals surface area contributed by atoms with Crippen LogP contribution in [0.25, 0.3) is 6.08 Å². The molecule has 30 heavy (non-hydrogen) atoms. The van der Waals surface area contributed by atoms with Crippen LogP contribution in [0.2, 0.25) is 0 Å². The van der Waals surface area contributed by atoms with Crippen molar-refractivity contribution >= 4 is 11.9 Å². The summed E-state index contributed by atoms with van der Waals surface area (Å²) < 4.78 is 5.84. The number of hydrogen-bond acceptors (Lipinski definition) is 4. The highest BCUT2D eigenvalue weighted by molar-refractivity contribution is 6.06. The van der Waals surface area contributed by atoms with E-state index in [4.69, 9.17) is 4.74 Å². The maximum absolute atomic E-state index is 12.9. The van der Waals surface area contributed by atoms with Crippen molar-refractivity contribution in [3.8, 4) is 11.8 Å². The van der Waals surface area contributed by atoms with Gasteiger partial charge in [0.2, 0.25) is 0 Å². The molecule has 0 spiro atoms. The number of nitrogens with one attached hydrogen (secondary N) is 2. The van der Waals surface area contributed by atoms with Crippen LogP contribution in [-0.2, 0) is 11.8 Å². The van der Waals surface area contributed by atoms with E-state index in [1.807, 2.05) is 6.08 Å². The molecule has 5 rings (SSSR count). The molecule has 5 nitrogen and oxygen atoms in total. The van der Waals surface area contributed by atoms with Gasteiger partial charge in [0, 0.05) is 35.1 Å². The molecule has 2 aliphatic carbocycles. The van der Waals surface area contributed by atoms with E-state index in [1.54, 1.807) is 7.11 Å². The van der Waals surface area contributed by atoms with Crippen LogP contribution in [0.1, 0.15) is 83.0 Å². The average molecular weight is 402 g/mol. The Morgan fingerprint density at radius 3 is 2.67 bits per heavy atom. The molecule has 0 saturated carbocycles. The van der Waals surface area contributed by atoms with Crippen molar-refractivity contribution in [2.45, 2.75) is 50.9 Å². The normalized spacial score (nSPS) is 19.9. The summed E-state index contributed by atoms with van der Waals surface area (Å²) in [4.78, 5) is 16.4. The Balaban J connectivity index is 1.66. The Labute approximate surface area is 177 Å². The minimum atomic E-state index is -0.277. The molecule has 0 amide bonds. The smallest absolute Gasteiger partial charge is 0.170 e. The van der Waals surface area contributed by atoms with E-state index in [-0.39, 0.29) is 17.6 Å². The highest BCUT2D eigenvalue weighted by atomic mass is 16.5. The van der Waals surface area contributed by atoms with Gasteiger partial charge in [-0.25, -0.2) is 0 Å². The molecule has 1 aromatic heterocycles. The first-order chi connectivity index (χ1) is 14.4. The van der Waals surface area contributed by atoms with Gasteiger partial charge in [-0.1, -0.05) is 19.9 Å². The molecule has 0 atom stereocenters. The second-order valence-electron chi connectivity index (χ2n) is 9.23. The van der Waals surface area contributed by atoms with E-state index in [9.17, 15) is 10.1 Å². The number of nitriles is 1. The first kappa shape index (κ1) is 19.1. The fourth-order valence-electron chi connectivity index (χ4n) is 5.58. The standard InChI is InChI=1S/C25H27N3O2/c1-25(2)19-12-22(30-3)17(15-4-6-27-7-5-15)10-16(19)11-18-23-20(28-24(18)25)8-14(13-26)9-21(23)29/h8,10,12,15,27-28H,4-7,9,11H2,1-3H3. The van der Waals surface area contributed by atoms with E-state index < -0.39 is 0 Å². The molecule has 2 heterocycles. The number of ketones is 1. The fraction of sp³-hybridized carbons (Fsp3) is 0.440. The van der Waals surface area contributed by atoms with Gasteiger partial charge in [0.05, 0.1) is 18.9 Å². The van der Waals surface area contributed by atoms with Crippen molar-refractivity contribution in [2.24, 2.45) is 0 Å². The van der Waals surface area contributed by atoms with Crippen LogP contribution in [0.3, 0.4) is 0 Å². The van der Waals surface area contributed by atoms with E-state index in [1.165, 1.54) is 16.7 Å². The van der Waals surface area contributed by atoms with Crippen molar-refractivity contribution in [2.75, 3.05) is 20.2 Å². The molecule has 5 heteroatoms. The second kappa shape index (κ2) is 6.85. The second-order valence-corrected chi connectivity index (χ2v) is 9.23. The zero-order valence-corrected chi connectivity index (χ0v) is 17.8. The van der Waals surface area contributed by atoms with Gasteiger partial charge >= 0.3 is 0 Å². The largest absolute Gasteiger partial charge is 0.496 e. The van der Waals surface area contributed by atoms with Crippen LogP contribution in [0, 0.1) is 11.3 Å². The third-order valence-electron chi connectivity index (χ3n) is 7.12. The quantitative estimate of drug-likeness (QED) is 0.790. The van der Waals surface area contributed by atoms with Gasteiger partial charge in [-0.2, -0.15) is 5.26 Å². The topological polar surface area (TPSA) is 77.9 Å². The number of carbonyl (C=O) groups excluding carboxylic acids is 1. The first-order valence-electron chi connectivity index (χ1n) is 10.7. The number of ether oxygens (including phenoxy) is 1. The number of benzene rings is 1. The molecule has 1 fully saturated rings. The maximum atomic E-state index is 12.9. The molecule has 1 saturated heterocycles. The van der Waals surface area contributed by atoms with Crippen molar-refractivity contribution in [3.63, 3.8) is 0 Å². The number of rotatable bonds is 2. The summed E-state index contributed by atoms with van der Waals surface area (Å²) in [5.74, 6) is 1.52. The summed E-state index contributed by atoms with van der Waals surface area (Å²) in [6.07, 6.45) is 5.01. The Bertz CT molecular complexity index is 1120. The summed E-state index contributed by atoms with van der Waals surface area (Å²) in [5.41, 5.74) is 7.83. The van der Waals surface area contributed by atoms with Crippen molar-refractivity contribution in [1.82, 2.24) is 10.3 Å².